The van der Waals surface area contributed by atoms with Crippen LogP contribution in [0.3, 0.4) is 0 Å². The van der Waals surface area contributed by atoms with Crippen molar-refractivity contribution in [3.63, 3.8) is 0 Å². The summed E-state index contributed by atoms with van der Waals surface area (Å²) in [7, 11) is 0. The van der Waals surface area contributed by atoms with Crippen LogP contribution in [0.25, 0.3) is 0 Å². The summed E-state index contributed by atoms with van der Waals surface area (Å²) in [5.74, 6) is 0. The fourth-order valence-electron chi connectivity index (χ4n) is 0.976. The second kappa shape index (κ2) is 1.71. The molecule has 0 radical (unpaired) electrons. The van der Waals surface area contributed by atoms with Gasteiger partial charge in [0.25, 0.3) is 0 Å². The van der Waals surface area contributed by atoms with Crippen molar-refractivity contribution in [3.8, 4) is 0 Å². The van der Waals surface area contributed by atoms with E-state index >= 15 is 0 Å². The molecule has 2 nitrogen and oxygen atoms in total. The molecule has 1 fully saturated rings. The molecule has 0 aromatic rings. The molecule has 1 aliphatic rings. The summed E-state index contributed by atoms with van der Waals surface area (Å²) in [5.41, 5.74) is -0.0839. The zero-order valence-electron chi connectivity index (χ0n) is 5.69. The van der Waals surface area contributed by atoms with Gasteiger partial charge in [0.2, 0.25) is 0 Å². The number of ether oxygens (including phenoxy) is 1. The minimum atomic E-state index is -0.0839. The highest BCUT2D eigenvalue weighted by Crippen LogP contribution is 2.13. The van der Waals surface area contributed by atoms with E-state index in [-0.39, 0.29) is 5.72 Å². The van der Waals surface area contributed by atoms with Gasteiger partial charge >= 0.3 is 0 Å². The van der Waals surface area contributed by atoms with Gasteiger partial charge in [-0.05, 0) is 20.8 Å². The van der Waals surface area contributed by atoms with E-state index in [4.69, 9.17) is 4.74 Å². The topological polar surface area (TPSA) is 21.3 Å². The van der Waals surface area contributed by atoms with Gasteiger partial charge in [0.15, 0.2) is 0 Å². The molecule has 1 rings (SSSR count). The smallest absolute Gasteiger partial charge is 0.114 e. The Kier molecular flexibility index (Phi) is 1.29. The van der Waals surface area contributed by atoms with Crippen LogP contribution in [-0.2, 0) is 4.74 Å². The SMILES string of the molecule is C[C@@H]1CNC(C)(C)O1. The van der Waals surface area contributed by atoms with Gasteiger partial charge in [0.1, 0.15) is 5.72 Å². The lowest BCUT2D eigenvalue weighted by atomic mass is 10.3. The van der Waals surface area contributed by atoms with Crippen molar-refractivity contribution in [1.29, 1.82) is 0 Å². The molecule has 0 saturated carbocycles. The molecule has 8 heavy (non-hydrogen) atoms. The first kappa shape index (κ1) is 6.05. The van der Waals surface area contributed by atoms with Crippen LogP contribution < -0.4 is 5.32 Å². The van der Waals surface area contributed by atoms with Gasteiger partial charge in [-0.3, -0.25) is 5.32 Å². The van der Waals surface area contributed by atoms with E-state index in [0.717, 1.165) is 6.54 Å². The van der Waals surface area contributed by atoms with E-state index in [0.29, 0.717) is 6.10 Å². The van der Waals surface area contributed by atoms with Crippen LogP contribution in [0, 0.1) is 0 Å². The molecule has 1 saturated heterocycles. The summed E-state index contributed by atoms with van der Waals surface area (Å²) in [6.45, 7) is 7.13. The molecule has 0 bridgehead atoms. The highest BCUT2D eigenvalue weighted by molar-refractivity contribution is 4.76. The molecular weight excluding hydrogens is 102 g/mol. The maximum atomic E-state index is 5.44. The third-order valence-corrected chi connectivity index (χ3v) is 1.31. The highest BCUT2D eigenvalue weighted by Gasteiger charge is 2.27. The maximum Gasteiger partial charge on any atom is 0.114 e. The van der Waals surface area contributed by atoms with Gasteiger partial charge in [-0.15, -0.1) is 0 Å². The lowest BCUT2D eigenvalue weighted by molar-refractivity contribution is -0.0153. The van der Waals surface area contributed by atoms with Crippen molar-refractivity contribution in [2.24, 2.45) is 0 Å². The zero-order valence-corrected chi connectivity index (χ0v) is 5.69. The van der Waals surface area contributed by atoms with E-state index in [1.54, 1.807) is 0 Å². The molecule has 0 unspecified atom stereocenters. The molecule has 0 aromatic heterocycles. The molecule has 0 aromatic carbocycles. The van der Waals surface area contributed by atoms with E-state index in [1.165, 1.54) is 0 Å². The number of hydrogen-bond acceptors (Lipinski definition) is 2. The Morgan fingerprint density at radius 1 is 1.62 bits per heavy atom. The standard InChI is InChI=1S/C6H13NO/c1-5-4-7-6(2,3)8-5/h5,7H,4H2,1-3H3/t5-/m1/s1. The second-order valence-corrected chi connectivity index (χ2v) is 2.82. The average molecular weight is 115 g/mol. The van der Waals surface area contributed by atoms with Crippen LogP contribution in [0.1, 0.15) is 20.8 Å². The predicted molar refractivity (Wildman–Crippen MR) is 32.6 cm³/mol. The Balaban J connectivity index is 2.44. The molecule has 0 amide bonds. The molecule has 48 valence electrons. The predicted octanol–water partition coefficient (Wildman–Crippen LogP) is 0.731. The third-order valence-electron chi connectivity index (χ3n) is 1.31. The van der Waals surface area contributed by atoms with Crippen molar-refractivity contribution in [1.82, 2.24) is 5.32 Å². The van der Waals surface area contributed by atoms with Crippen LogP contribution in [0.15, 0.2) is 0 Å². The molecule has 1 atom stereocenters. The van der Waals surface area contributed by atoms with Crippen molar-refractivity contribution in [2.45, 2.75) is 32.6 Å². The first-order valence-corrected chi connectivity index (χ1v) is 3.03. The zero-order chi connectivity index (χ0) is 6.20. The molecule has 1 heterocycles. The van der Waals surface area contributed by atoms with Gasteiger partial charge in [-0.25, -0.2) is 0 Å². The Morgan fingerprint density at radius 3 is 2.38 bits per heavy atom. The van der Waals surface area contributed by atoms with Gasteiger partial charge in [0, 0.05) is 6.54 Å². The summed E-state index contributed by atoms with van der Waals surface area (Å²) in [6, 6.07) is 0. The fourth-order valence-corrected chi connectivity index (χ4v) is 0.976. The largest absolute Gasteiger partial charge is 0.357 e. The Hall–Kier alpha value is -0.0800. The second-order valence-electron chi connectivity index (χ2n) is 2.82. The summed E-state index contributed by atoms with van der Waals surface area (Å²) in [5, 5.41) is 3.22. The van der Waals surface area contributed by atoms with Crippen LogP contribution >= 0.6 is 0 Å². The monoisotopic (exact) mass is 115 g/mol. The van der Waals surface area contributed by atoms with Crippen LogP contribution in [0.5, 0.6) is 0 Å². The molecule has 2 heteroatoms. The summed E-state index contributed by atoms with van der Waals surface area (Å²) in [6.07, 6.45) is 0.380. The van der Waals surface area contributed by atoms with Gasteiger partial charge in [-0.2, -0.15) is 0 Å². The Morgan fingerprint density at radius 2 is 2.25 bits per heavy atom. The molecular formula is C6H13NO. The lowest BCUT2D eigenvalue weighted by Gasteiger charge is -2.16. The number of rotatable bonds is 0. The lowest BCUT2D eigenvalue weighted by Crippen LogP contribution is -2.33. The molecule has 1 aliphatic heterocycles. The average Bonchev–Trinajstić information content (AvgIpc) is 1.82. The van der Waals surface area contributed by atoms with Crippen LogP contribution in [0.2, 0.25) is 0 Å². The van der Waals surface area contributed by atoms with Crippen LogP contribution in [-0.4, -0.2) is 18.4 Å². The van der Waals surface area contributed by atoms with Gasteiger partial charge in [0.05, 0.1) is 6.10 Å². The van der Waals surface area contributed by atoms with Crippen LogP contribution in [0.4, 0.5) is 0 Å². The molecule has 0 spiro atoms. The van der Waals surface area contributed by atoms with Gasteiger partial charge < -0.3 is 4.74 Å². The minimum Gasteiger partial charge on any atom is -0.357 e. The van der Waals surface area contributed by atoms with Crippen molar-refractivity contribution < 1.29 is 4.74 Å². The highest BCUT2D eigenvalue weighted by atomic mass is 16.5. The molecule has 0 aliphatic carbocycles. The number of hydrogen-bond donors (Lipinski definition) is 1. The number of nitrogens with one attached hydrogen (secondary N) is 1. The van der Waals surface area contributed by atoms with Crippen molar-refractivity contribution in [2.75, 3.05) is 6.54 Å². The summed E-state index contributed by atoms with van der Waals surface area (Å²) >= 11 is 0. The molecule has 1 N–H and O–H groups in total. The fraction of sp³-hybridized carbons (Fsp3) is 1.00. The Labute approximate surface area is 50.2 Å². The van der Waals surface area contributed by atoms with E-state index in [1.807, 2.05) is 13.8 Å². The maximum absolute atomic E-state index is 5.44. The first-order chi connectivity index (χ1) is 3.60. The normalized spacial score (nSPS) is 35.6. The van der Waals surface area contributed by atoms with E-state index in [2.05, 4.69) is 12.2 Å². The van der Waals surface area contributed by atoms with E-state index in [9.17, 15) is 0 Å². The Bertz CT molecular complexity index is 90.5. The van der Waals surface area contributed by atoms with Crippen molar-refractivity contribution >= 4 is 0 Å². The van der Waals surface area contributed by atoms with Gasteiger partial charge in [-0.1, -0.05) is 0 Å². The van der Waals surface area contributed by atoms with E-state index < -0.39 is 0 Å². The minimum absolute atomic E-state index is 0.0839. The third kappa shape index (κ3) is 1.20. The first-order valence-electron chi connectivity index (χ1n) is 3.03. The quantitative estimate of drug-likeness (QED) is 0.502. The summed E-state index contributed by atoms with van der Waals surface area (Å²) in [4.78, 5) is 0. The summed E-state index contributed by atoms with van der Waals surface area (Å²) < 4.78 is 5.44. The van der Waals surface area contributed by atoms with Crippen molar-refractivity contribution in [3.05, 3.63) is 0 Å².